The molecule has 1 aliphatic heterocycles. The van der Waals surface area contributed by atoms with E-state index in [1.54, 1.807) is 0 Å². The van der Waals surface area contributed by atoms with Crippen LogP contribution in [0.4, 0.5) is 0 Å². The molecular weight excluding hydrogens is 244 g/mol. The van der Waals surface area contributed by atoms with Crippen molar-refractivity contribution in [3.8, 4) is 5.75 Å². The van der Waals surface area contributed by atoms with Gasteiger partial charge in [0, 0.05) is 6.61 Å². The number of hydrogen-bond acceptors (Lipinski definition) is 4. The molecule has 0 amide bonds. The Hall–Kier alpha value is -1.10. The predicted molar refractivity (Wildman–Crippen MR) is 72.3 cm³/mol. The van der Waals surface area contributed by atoms with Gasteiger partial charge in [0.15, 0.2) is 0 Å². The first-order valence-corrected chi connectivity index (χ1v) is 6.79. The Balaban J connectivity index is 1.82. The van der Waals surface area contributed by atoms with Crippen molar-refractivity contribution in [3.05, 3.63) is 29.8 Å². The van der Waals surface area contributed by atoms with Crippen LogP contribution < -0.4 is 4.74 Å². The lowest BCUT2D eigenvalue weighted by molar-refractivity contribution is -0.0131. The summed E-state index contributed by atoms with van der Waals surface area (Å²) < 4.78 is 16.4. The molecule has 1 saturated heterocycles. The summed E-state index contributed by atoms with van der Waals surface area (Å²) in [5.41, 5.74) is 0.843. The van der Waals surface area contributed by atoms with Gasteiger partial charge in [-0.05, 0) is 38.0 Å². The van der Waals surface area contributed by atoms with Gasteiger partial charge in [-0.1, -0.05) is 12.1 Å². The fourth-order valence-corrected chi connectivity index (χ4v) is 2.01. The van der Waals surface area contributed by atoms with Crippen LogP contribution in [0.15, 0.2) is 24.3 Å². The Morgan fingerprint density at radius 3 is 2.63 bits per heavy atom. The fraction of sp³-hybridized carbons (Fsp3) is 0.600. The lowest BCUT2D eigenvalue weighted by Crippen LogP contribution is -2.17. The van der Waals surface area contributed by atoms with E-state index in [1.807, 2.05) is 38.1 Å². The molecule has 1 heterocycles. The largest absolute Gasteiger partial charge is 0.491 e. The molecule has 2 atom stereocenters. The summed E-state index contributed by atoms with van der Waals surface area (Å²) in [6, 6.07) is 7.49. The zero-order valence-corrected chi connectivity index (χ0v) is 11.5. The standard InChI is InChI=1S/C15H22O4/c1-11(2)19-13-5-3-12(4-6-13)15(16)10-18-14-7-8-17-9-14/h3-6,11,14-16H,7-10H2,1-2H3. The first-order valence-electron chi connectivity index (χ1n) is 6.79. The summed E-state index contributed by atoms with van der Waals surface area (Å²) >= 11 is 0. The van der Waals surface area contributed by atoms with Crippen LogP contribution >= 0.6 is 0 Å². The molecular formula is C15H22O4. The average Bonchev–Trinajstić information content (AvgIpc) is 2.89. The van der Waals surface area contributed by atoms with Crippen molar-refractivity contribution in [2.45, 2.75) is 38.6 Å². The molecule has 4 heteroatoms. The third-order valence-corrected chi connectivity index (χ3v) is 3.01. The zero-order valence-electron chi connectivity index (χ0n) is 11.5. The Morgan fingerprint density at radius 1 is 1.32 bits per heavy atom. The van der Waals surface area contributed by atoms with Gasteiger partial charge in [-0.3, -0.25) is 0 Å². The number of ether oxygens (including phenoxy) is 3. The smallest absolute Gasteiger partial charge is 0.119 e. The van der Waals surface area contributed by atoms with Crippen LogP contribution in [0.25, 0.3) is 0 Å². The van der Waals surface area contributed by atoms with Crippen LogP contribution in [0.5, 0.6) is 5.75 Å². The van der Waals surface area contributed by atoms with Crippen LogP contribution in [-0.2, 0) is 9.47 Å². The molecule has 0 aliphatic carbocycles. The SMILES string of the molecule is CC(C)Oc1ccc(C(O)COC2CCOC2)cc1. The fourth-order valence-electron chi connectivity index (χ4n) is 2.01. The van der Waals surface area contributed by atoms with Crippen LogP contribution in [0.2, 0.25) is 0 Å². The van der Waals surface area contributed by atoms with Crippen molar-refractivity contribution in [1.29, 1.82) is 0 Å². The summed E-state index contributed by atoms with van der Waals surface area (Å²) in [6.07, 6.45) is 0.585. The third-order valence-electron chi connectivity index (χ3n) is 3.01. The lowest BCUT2D eigenvalue weighted by Gasteiger charge is -2.16. The Kier molecular flexibility index (Phi) is 5.19. The van der Waals surface area contributed by atoms with Crippen molar-refractivity contribution in [2.24, 2.45) is 0 Å². The van der Waals surface area contributed by atoms with Crippen molar-refractivity contribution in [3.63, 3.8) is 0 Å². The van der Waals surface area contributed by atoms with Gasteiger partial charge in [0.05, 0.1) is 25.4 Å². The Labute approximate surface area is 114 Å². The zero-order chi connectivity index (χ0) is 13.7. The van der Waals surface area contributed by atoms with Gasteiger partial charge < -0.3 is 19.3 Å². The molecule has 0 aromatic heterocycles. The minimum absolute atomic E-state index is 0.123. The second kappa shape index (κ2) is 6.89. The van der Waals surface area contributed by atoms with Gasteiger partial charge in [-0.15, -0.1) is 0 Å². The van der Waals surface area contributed by atoms with Crippen LogP contribution in [0, 0.1) is 0 Å². The highest BCUT2D eigenvalue weighted by atomic mass is 16.5. The Bertz CT molecular complexity index is 368. The van der Waals surface area contributed by atoms with E-state index in [0.717, 1.165) is 24.3 Å². The van der Waals surface area contributed by atoms with Crippen molar-refractivity contribution in [2.75, 3.05) is 19.8 Å². The molecule has 106 valence electrons. The van der Waals surface area contributed by atoms with Gasteiger partial charge >= 0.3 is 0 Å². The summed E-state index contributed by atoms with van der Waals surface area (Å²) in [4.78, 5) is 0. The molecule has 2 unspecified atom stereocenters. The maximum atomic E-state index is 10.0. The molecule has 0 radical (unpaired) electrons. The van der Waals surface area contributed by atoms with Gasteiger partial charge in [-0.25, -0.2) is 0 Å². The number of hydrogen-bond donors (Lipinski definition) is 1. The van der Waals surface area contributed by atoms with Crippen LogP contribution in [-0.4, -0.2) is 37.1 Å². The van der Waals surface area contributed by atoms with Crippen LogP contribution in [0.3, 0.4) is 0 Å². The number of benzene rings is 1. The highest BCUT2D eigenvalue weighted by molar-refractivity contribution is 5.28. The minimum atomic E-state index is -0.603. The Morgan fingerprint density at radius 2 is 2.05 bits per heavy atom. The summed E-state index contributed by atoms with van der Waals surface area (Å²) in [5.74, 6) is 0.816. The van der Waals surface area contributed by atoms with E-state index in [9.17, 15) is 5.11 Å². The normalized spacial score (nSPS) is 20.7. The first-order chi connectivity index (χ1) is 9.15. The summed E-state index contributed by atoms with van der Waals surface area (Å²) in [7, 11) is 0. The molecule has 1 fully saturated rings. The van der Waals surface area contributed by atoms with Gasteiger partial charge in [0.25, 0.3) is 0 Å². The highest BCUT2D eigenvalue weighted by Crippen LogP contribution is 2.20. The predicted octanol–water partition coefficient (Wildman–Crippen LogP) is 2.31. The van der Waals surface area contributed by atoms with E-state index in [0.29, 0.717) is 13.2 Å². The average molecular weight is 266 g/mol. The quantitative estimate of drug-likeness (QED) is 0.858. The van der Waals surface area contributed by atoms with E-state index in [-0.39, 0.29) is 12.2 Å². The maximum Gasteiger partial charge on any atom is 0.119 e. The molecule has 4 nitrogen and oxygen atoms in total. The molecule has 1 aromatic rings. The highest BCUT2D eigenvalue weighted by Gasteiger charge is 2.18. The van der Waals surface area contributed by atoms with Crippen molar-refractivity contribution >= 4 is 0 Å². The monoisotopic (exact) mass is 266 g/mol. The second-order valence-corrected chi connectivity index (χ2v) is 5.07. The third kappa shape index (κ3) is 4.49. The topological polar surface area (TPSA) is 47.9 Å². The number of rotatable bonds is 6. The molecule has 0 saturated carbocycles. The van der Waals surface area contributed by atoms with Crippen molar-refractivity contribution < 1.29 is 19.3 Å². The van der Waals surface area contributed by atoms with E-state index < -0.39 is 6.10 Å². The summed E-state index contributed by atoms with van der Waals surface area (Å²) in [6.45, 7) is 5.66. The minimum Gasteiger partial charge on any atom is -0.491 e. The lowest BCUT2D eigenvalue weighted by atomic mass is 10.1. The molecule has 1 aliphatic rings. The molecule has 0 spiro atoms. The molecule has 1 aromatic carbocycles. The molecule has 19 heavy (non-hydrogen) atoms. The molecule has 2 rings (SSSR count). The van der Waals surface area contributed by atoms with E-state index in [1.165, 1.54) is 0 Å². The van der Waals surface area contributed by atoms with E-state index >= 15 is 0 Å². The second-order valence-electron chi connectivity index (χ2n) is 5.07. The summed E-state index contributed by atoms with van der Waals surface area (Å²) in [5, 5.41) is 10.0. The maximum absolute atomic E-state index is 10.0. The molecule has 1 N–H and O–H groups in total. The first kappa shape index (κ1) is 14.3. The van der Waals surface area contributed by atoms with E-state index in [2.05, 4.69) is 0 Å². The number of aliphatic hydroxyl groups excluding tert-OH is 1. The van der Waals surface area contributed by atoms with Gasteiger partial charge in [0.1, 0.15) is 11.9 Å². The van der Waals surface area contributed by atoms with E-state index in [4.69, 9.17) is 14.2 Å². The number of aliphatic hydroxyl groups is 1. The van der Waals surface area contributed by atoms with Gasteiger partial charge in [-0.2, -0.15) is 0 Å². The van der Waals surface area contributed by atoms with Crippen molar-refractivity contribution in [1.82, 2.24) is 0 Å². The van der Waals surface area contributed by atoms with Gasteiger partial charge in [0.2, 0.25) is 0 Å². The molecule has 0 bridgehead atoms. The van der Waals surface area contributed by atoms with Crippen LogP contribution in [0.1, 0.15) is 31.9 Å².